The van der Waals surface area contributed by atoms with Gasteiger partial charge in [-0.3, -0.25) is 5.01 Å². The number of hydrazine groups is 1. The molecule has 1 amide bonds. The molecule has 0 N–H and O–H groups in total. The number of ether oxygens (including phenoxy) is 1. The number of anilines is 1. The van der Waals surface area contributed by atoms with E-state index in [-0.39, 0.29) is 12.0 Å². The largest absolute Gasteiger partial charge is 0.442 e. The summed E-state index contributed by atoms with van der Waals surface area (Å²) in [5, 5.41) is 3.53. The molecular weight excluding hydrogens is 280 g/mol. The topological polar surface area (TPSA) is 58.6 Å². The maximum atomic E-state index is 12.4. The molecule has 6 heteroatoms. The standard InChI is InChI=1S/C16H26N4O2/c1-11(2)14-17-12(3)10-13(18-14)19-8-7-9-20(19)15(21)22-16(4,5)6/h10-11H,7-9H2,1-6H3. The highest BCUT2D eigenvalue weighted by Gasteiger charge is 2.32. The van der Waals surface area contributed by atoms with Crippen molar-refractivity contribution in [2.75, 3.05) is 18.1 Å². The Morgan fingerprint density at radius 2 is 1.95 bits per heavy atom. The smallest absolute Gasteiger partial charge is 0.429 e. The number of carbonyl (C=O) groups is 1. The summed E-state index contributed by atoms with van der Waals surface area (Å²) < 4.78 is 5.48. The molecule has 0 radical (unpaired) electrons. The summed E-state index contributed by atoms with van der Waals surface area (Å²) in [5.41, 5.74) is 0.403. The highest BCUT2D eigenvalue weighted by atomic mass is 16.6. The minimum Gasteiger partial charge on any atom is -0.442 e. The van der Waals surface area contributed by atoms with Crippen LogP contribution in [0.25, 0.3) is 0 Å². The van der Waals surface area contributed by atoms with Gasteiger partial charge in [0.1, 0.15) is 11.4 Å². The van der Waals surface area contributed by atoms with Gasteiger partial charge in [0.15, 0.2) is 5.82 Å². The summed E-state index contributed by atoms with van der Waals surface area (Å²) in [6.45, 7) is 13.1. The molecule has 0 spiro atoms. The fourth-order valence-electron chi connectivity index (χ4n) is 2.32. The molecular formula is C16H26N4O2. The monoisotopic (exact) mass is 306 g/mol. The molecule has 6 nitrogen and oxygen atoms in total. The summed E-state index contributed by atoms with van der Waals surface area (Å²) in [6, 6.07) is 1.91. The van der Waals surface area contributed by atoms with Crippen molar-refractivity contribution in [1.82, 2.24) is 15.0 Å². The lowest BCUT2D eigenvalue weighted by molar-refractivity contribution is 0.0272. The predicted molar refractivity (Wildman–Crippen MR) is 85.8 cm³/mol. The Morgan fingerprint density at radius 1 is 1.27 bits per heavy atom. The number of amides is 1. The molecule has 0 aromatic carbocycles. The molecule has 1 aliphatic rings. The van der Waals surface area contributed by atoms with Crippen LogP contribution in [0.5, 0.6) is 0 Å². The molecule has 122 valence electrons. The first kappa shape index (κ1) is 16.5. The van der Waals surface area contributed by atoms with Crippen LogP contribution in [0, 0.1) is 6.92 Å². The van der Waals surface area contributed by atoms with Gasteiger partial charge in [0.05, 0.1) is 0 Å². The van der Waals surface area contributed by atoms with Crippen LogP contribution in [-0.4, -0.2) is 39.8 Å². The van der Waals surface area contributed by atoms with Gasteiger partial charge in [-0.15, -0.1) is 0 Å². The second-order valence-corrected chi connectivity index (χ2v) is 6.96. The number of nitrogens with zero attached hydrogens (tertiary/aromatic N) is 4. The lowest BCUT2D eigenvalue weighted by atomic mass is 10.2. The Bertz CT molecular complexity index is 552. The summed E-state index contributed by atoms with van der Waals surface area (Å²) in [4.78, 5) is 21.4. The van der Waals surface area contributed by atoms with E-state index in [4.69, 9.17) is 4.74 Å². The maximum absolute atomic E-state index is 12.4. The van der Waals surface area contributed by atoms with Crippen LogP contribution in [0.15, 0.2) is 6.07 Å². The van der Waals surface area contributed by atoms with E-state index in [1.165, 1.54) is 0 Å². The molecule has 0 bridgehead atoms. The van der Waals surface area contributed by atoms with Gasteiger partial charge < -0.3 is 4.74 Å². The minimum absolute atomic E-state index is 0.247. The summed E-state index contributed by atoms with van der Waals surface area (Å²) in [5.74, 6) is 1.81. The van der Waals surface area contributed by atoms with Gasteiger partial charge >= 0.3 is 6.09 Å². The van der Waals surface area contributed by atoms with Crippen LogP contribution in [0.4, 0.5) is 10.6 Å². The number of carbonyl (C=O) groups excluding carboxylic acids is 1. The molecule has 22 heavy (non-hydrogen) atoms. The van der Waals surface area contributed by atoms with Crippen molar-refractivity contribution in [2.45, 2.75) is 59.5 Å². The minimum atomic E-state index is -0.504. The lowest BCUT2D eigenvalue weighted by Crippen LogP contribution is -2.44. The number of rotatable bonds is 2. The quantitative estimate of drug-likeness (QED) is 0.839. The van der Waals surface area contributed by atoms with Crippen LogP contribution in [-0.2, 0) is 4.74 Å². The maximum Gasteiger partial charge on any atom is 0.429 e. The second kappa shape index (κ2) is 6.10. The van der Waals surface area contributed by atoms with Crippen LogP contribution >= 0.6 is 0 Å². The van der Waals surface area contributed by atoms with E-state index in [9.17, 15) is 4.79 Å². The third kappa shape index (κ3) is 3.87. The van der Waals surface area contributed by atoms with Crippen LogP contribution in [0.1, 0.15) is 58.5 Å². The first-order valence-corrected chi connectivity index (χ1v) is 7.81. The molecule has 1 fully saturated rings. The summed E-state index contributed by atoms with van der Waals surface area (Å²) >= 11 is 0. The van der Waals surface area contributed by atoms with Gasteiger partial charge in [-0.1, -0.05) is 13.8 Å². The van der Waals surface area contributed by atoms with Crippen molar-refractivity contribution in [3.8, 4) is 0 Å². The van der Waals surface area contributed by atoms with Gasteiger partial charge in [-0.25, -0.2) is 19.8 Å². The zero-order valence-electron chi connectivity index (χ0n) is 14.4. The zero-order chi connectivity index (χ0) is 16.5. The molecule has 2 heterocycles. The van der Waals surface area contributed by atoms with Gasteiger partial charge in [-0.05, 0) is 34.1 Å². The zero-order valence-corrected chi connectivity index (χ0v) is 14.4. The number of hydrogen-bond donors (Lipinski definition) is 0. The predicted octanol–water partition coefficient (Wildman–Crippen LogP) is 3.27. The first-order valence-electron chi connectivity index (χ1n) is 7.81. The van der Waals surface area contributed by atoms with Crippen LogP contribution in [0.2, 0.25) is 0 Å². The van der Waals surface area contributed by atoms with Gasteiger partial charge in [-0.2, -0.15) is 0 Å². The molecule has 1 aliphatic heterocycles. The molecule has 0 atom stereocenters. The SMILES string of the molecule is Cc1cc(N2CCCN2C(=O)OC(C)(C)C)nc(C(C)C)n1. The molecule has 1 saturated heterocycles. The molecule has 0 saturated carbocycles. The molecule has 1 aromatic rings. The van der Waals surface area contributed by atoms with Crippen molar-refractivity contribution in [2.24, 2.45) is 0 Å². The first-order chi connectivity index (χ1) is 10.2. The Labute approximate surface area is 132 Å². The van der Waals surface area contributed by atoms with Crippen molar-refractivity contribution < 1.29 is 9.53 Å². The van der Waals surface area contributed by atoms with E-state index < -0.39 is 5.60 Å². The Morgan fingerprint density at radius 3 is 2.55 bits per heavy atom. The summed E-state index contributed by atoms with van der Waals surface area (Å²) in [7, 11) is 0. The van der Waals surface area contributed by atoms with Crippen molar-refractivity contribution in [1.29, 1.82) is 0 Å². The molecule has 0 aliphatic carbocycles. The van der Waals surface area contributed by atoms with E-state index >= 15 is 0 Å². The van der Waals surface area contributed by atoms with Crippen LogP contribution in [0.3, 0.4) is 0 Å². The number of hydrogen-bond acceptors (Lipinski definition) is 5. The highest BCUT2D eigenvalue weighted by molar-refractivity contribution is 5.71. The molecule has 2 rings (SSSR count). The van der Waals surface area contributed by atoms with Crippen molar-refractivity contribution in [3.05, 3.63) is 17.6 Å². The van der Waals surface area contributed by atoms with Gasteiger partial charge in [0.25, 0.3) is 0 Å². The van der Waals surface area contributed by atoms with E-state index in [0.717, 1.165) is 30.3 Å². The normalized spacial score (nSPS) is 15.6. The third-order valence-corrected chi connectivity index (χ3v) is 3.27. The van der Waals surface area contributed by atoms with E-state index in [0.29, 0.717) is 6.54 Å². The van der Waals surface area contributed by atoms with E-state index in [2.05, 4.69) is 23.8 Å². The Hall–Kier alpha value is -1.85. The van der Waals surface area contributed by atoms with E-state index in [1.54, 1.807) is 5.01 Å². The van der Waals surface area contributed by atoms with Gasteiger partial charge in [0.2, 0.25) is 0 Å². The molecule has 0 unspecified atom stereocenters. The third-order valence-electron chi connectivity index (χ3n) is 3.27. The fourth-order valence-corrected chi connectivity index (χ4v) is 2.32. The van der Waals surface area contributed by atoms with Crippen molar-refractivity contribution >= 4 is 11.9 Å². The fraction of sp³-hybridized carbons (Fsp3) is 0.688. The van der Waals surface area contributed by atoms with Crippen molar-refractivity contribution in [3.63, 3.8) is 0 Å². The Kier molecular flexibility index (Phi) is 4.58. The average molecular weight is 306 g/mol. The average Bonchev–Trinajstić information content (AvgIpc) is 2.85. The number of aryl methyl sites for hydroxylation is 1. The Balaban J connectivity index is 2.25. The number of aromatic nitrogens is 2. The lowest BCUT2D eigenvalue weighted by Gasteiger charge is -2.31. The second-order valence-electron chi connectivity index (χ2n) is 6.96. The summed E-state index contributed by atoms with van der Waals surface area (Å²) in [6.07, 6.45) is 0.576. The van der Waals surface area contributed by atoms with Gasteiger partial charge in [0, 0.05) is 30.8 Å². The van der Waals surface area contributed by atoms with Crippen LogP contribution < -0.4 is 5.01 Å². The molecule has 1 aromatic heterocycles. The van der Waals surface area contributed by atoms with E-state index in [1.807, 2.05) is 38.8 Å². The highest BCUT2D eigenvalue weighted by Crippen LogP contribution is 2.24.